The molecule has 1 aromatic rings. The molecule has 6 heteroatoms. The van der Waals surface area contributed by atoms with Gasteiger partial charge in [-0.25, -0.2) is 0 Å². The Kier molecular flexibility index (Phi) is 4.09. The van der Waals surface area contributed by atoms with Gasteiger partial charge in [0.05, 0.1) is 0 Å². The summed E-state index contributed by atoms with van der Waals surface area (Å²) in [6.45, 7) is 0. The van der Waals surface area contributed by atoms with Crippen LogP contribution in [0.3, 0.4) is 0 Å². The molecular formula is C6H7Cl3OSi2. The molecule has 0 saturated heterocycles. The second-order valence-electron chi connectivity index (χ2n) is 2.22. The van der Waals surface area contributed by atoms with Crippen LogP contribution in [0.2, 0.25) is 0 Å². The topological polar surface area (TPSA) is 9.23 Å². The molecule has 0 aliphatic heterocycles. The van der Waals surface area contributed by atoms with Crippen LogP contribution in [0.15, 0.2) is 30.3 Å². The summed E-state index contributed by atoms with van der Waals surface area (Å²) in [5, 5.41) is 1.15. The van der Waals surface area contributed by atoms with Gasteiger partial charge in [-0.2, -0.15) is 0 Å². The average Bonchev–Trinajstić information content (AvgIpc) is 2.02. The van der Waals surface area contributed by atoms with Crippen LogP contribution in [0, 0.1) is 0 Å². The molecule has 0 aliphatic rings. The summed E-state index contributed by atoms with van der Waals surface area (Å²) < 4.78 is 5.19. The summed E-state index contributed by atoms with van der Waals surface area (Å²) in [6, 6.07) is 9.82. The van der Waals surface area contributed by atoms with Gasteiger partial charge in [-0.1, -0.05) is 63.6 Å². The molecule has 0 heterocycles. The Bertz CT molecular complexity index is 236. The Morgan fingerprint density at radius 3 is 2.17 bits per heavy atom. The standard InChI is InChI=1S/C6H7Cl3OSi2/c7-12(8,9)10-11-6-4-2-1-3-5-6/h1-5H,11H2. The molecule has 0 fully saturated rings. The predicted molar refractivity (Wildman–Crippen MR) is 59.0 cm³/mol. The lowest BCUT2D eigenvalue weighted by Crippen LogP contribution is -2.26. The van der Waals surface area contributed by atoms with Crippen molar-refractivity contribution in [1.29, 1.82) is 0 Å². The lowest BCUT2D eigenvalue weighted by molar-refractivity contribution is 0.654. The molecule has 1 rings (SSSR count). The van der Waals surface area contributed by atoms with E-state index in [1.54, 1.807) is 0 Å². The van der Waals surface area contributed by atoms with Crippen molar-refractivity contribution in [3.05, 3.63) is 30.3 Å². The highest BCUT2D eigenvalue weighted by Crippen LogP contribution is 2.19. The van der Waals surface area contributed by atoms with Gasteiger partial charge in [-0.05, 0) is 5.19 Å². The molecule has 0 radical (unpaired) electrons. The molecule has 1 nitrogen and oxygen atoms in total. The van der Waals surface area contributed by atoms with Crippen molar-refractivity contribution in [2.45, 2.75) is 0 Å². The molecule has 66 valence electrons. The first-order valence-electron chi connectivity index (χ1n) is 3.32. The Morgan fingerprint density at radius 2 is 1.67 bits per heavy atom. The minimum Gasteiger partial charge on any atom is -0.424 e. The van der Waals surface area contributed by atoms with Crippen molar-refractivity contribution < 1.29 is 4.12 Å². The highest BCUT2D eigenvalue weighted by molar-refractivity contribution is 7.62. The van der Waals surface area contributed by atoms with Gasteiger partial charge in [-0.3, -0.25) is 0 Å². The number of rotatable bonds is 3. The van der Waals surface area contributed by atoms with Crippen LogP contribution >= 0.6 is 33.2 Å². The fraction of sp³-hybridized carbons (Fsp3) is 0. The summed E-state index contributed by atoms with van der Waals surface area (Å²) in [6.07, 6.45) is -2.86. The molecule has 0 bridgehead atoms. The third kappa shape index (κ3) is 4.49. The second kappa shape index (κ2) is 4.65. The first-order valence-corrected chi connectivity index (χ1v) is 9.55. The van der Waals surface area contributed by atoms with Gasteiger partial charge in [0, 0.05) is 0 Å². The zero-order valence-corrected chi connectivity index (χ0v) is 10.8. The molecule has 0 amide bonds. The second-order valence-corrected chi connectivity index (χ2v) is 11.9. The smallest absolute Gasteiger partial charge is 0.424 e. The fourth-order valence-corrected chi connectivity index (χ4v) is 4.00. The normalized spacial score (nSPS) is 12.6. The van der Waals surface area contributed by atoms with Crippen molar-refractivity contribution in [3.63, 3.8) is 0 Å². The largest absolute Gasteiger partial charge is 0.483 e. The van der Waals surface area contributed by atoms with E-state index in [9.17, 15) is 0 Å². The fourth-order valence-electron chi connectivity index (χ4n) is 0.739. The van der Waals surface area contributed by atoms with Crippen molar-refractivity contribution in [2.75, 3.05) is 0 Å². The van der Waals surface area contributed by atoms with E-state index in [4.69, 9.17) is 37.4 Å². The maximum Gasteiger partial charge on any atom is 0.483 e. The predicted octanol–water partition coefficient (Wildman–Crippen LogP) is 1.56. The monoisotopic (exact) mass is 256 g/mol. The van der Waals surface area contributed by atoms with Crippen LogP contribution in [0.1, 0.15) is 0 Å². The molecule has 0 N–H and O–H groups in total. The number of hydrogen-bond donors (Lipinski definition) is 0. The molecule has 0 aromatic heterocycles. The Morgan fingerprint density at radius 1 is 1.08 bits per heavy atom. The Labute approximate surface area is 88.8 Å². The molecule has 12 heavy (non-hydrogen) atoms. The van der Waals surface area contributed by atoms with E-state index in [-0.39, 0.29) is 0 Å². The van der Waals surface area contributed by atoms with E-state index in [0.717, 1.165) is 5.19 Å². The van der Waals surface area contributed by atoms with E-state index in [0.29, 0.717) is 0 Å². The van der Waals surface area contributed by atoms with E-state index < -0.39 is 16.0 Å². The van der Waals surface area contributed by atoms with Gasteiger partial charge in [0.25, 0.3) is 0 Å². The Balaban J connectivity index is 2.44. The van der Waals surface area contributed by atoms with E-state index >= 15 is 0 Å². The highest BCUT2D eigenvalue weighted by Gasteiger charge is 2.26. The van der Waals surface area contributed by atoms with E-state index in [2.05, 4.69) is 0 Å². The number of hydrogen-bond acceptors (Lipinski definition) is 1. The quantitative estimate of drug-likeness (QED) is 0.590. The molecule has 0 atom stereocenters. The highest BCUT2D eigenvalue weighted by atomic mass is 35.8. The van der Waals surface area contributed by atoms with Crippen LogP contribution in [0.5, 0.6) is 0 Å². The molecular weight excluding hydrogens is 251 g/mol. The summed E-state index contributed by atoms with van der Waals surface area (Å²) in [7, 11) is -0.850. The molecule has 0 saturated carbocycles. The third-order valence-electron chi connectivity index (χ3n) is 1.25. The van der Waals surface area contributed by atoms with Gasteiger partial charge < -0.3 is 4.12 Å². The Hall–Kier alpha value is 0.484. The zero-order valence-electron chi connectivity index (χ0n) is 6.14. The lowest BCUT2D eigenvalue weighted by Gasteiger charge is -2.08. The SMILES string of the molecule is Cl[Si](Cl)(Cl)O[SiH2]c1ccccc1. The number of benzene rings is 1. The zero-order chi connectivity index (χ0) is 9.03. The van der Waals surface area contributed by atoms with Gasteiger partial charge in [0.15, 0.2) is 9.76 Å². The minimum atomic E-state index is -2.86. The van der Waals surface area contributed by atoms with Crippen LogP contribution in [0.4, 0.5) is 0 Å². The van der Waals surface area contributed by atoms with Crippen LogP contribution in [-0.4, -0.2) is 16.0 Å². The maximum atomic E-state index is 5.57. The first-order chi connectivity index (χ1) is 5.58. The van der Waals surface area contributed by atoms with Crippen LogP contribution in [-0.2, 0) is 4.12 Å². The van der Waals surface area contributed by atoms with Gasteiger partial charge in [-0.15, -0.1) is 0 Å². The third-order valence-corrected chi connectivity index (χ3v) is 6.88. The molecule has 0 spiro atoms. The summed E-state index contributed by atoms with van der Waals surface area (Å²) in [4.78, 5) is 0. The maximum absolute atomic E-state index is 5.57. The first kappa shape index (κ1) is 10.6. The van der Waals surface area contributed by atoms with Crippen LogP contribution < -0.4 is 5.19 Å². The van der Waals surface area contributed by atoms with Crippen molar-refractivity contribution >= 4 is 54.4 Å². The summed E-state index contributed by atoms with van der Waals surface area (Å²) in [5.74, 6) is 0. The number of halogens is 3. The van der Waals surface area contributed by atoms with Crippen molar-refractivity contribution in [1.82, 2.24) is 0 Å². The van der Waals surface area contributed by atoms with Gasteiger partial charge in [0.2, 0.25) is 0 Å². The van der Waals surface area contributed by atoms with Crippen LogP contribution in [0.25, 0.3) is 0 Å². The van der Waals surface area contributed by atoms with E-state index in [1.807, 2.05) is 30.3 Å². The minimum absolute atomic E-state index is 0.850. The lowest BCUT2D eigenvalue weighted by atomic mass is 10.4. The van der Waals surface area contributed by atoms with Crippen molar-refractivity contribution in [3.8, 4) is 0 Å². The van der Waals surface area contributed by atoms with Crippen molar-refractivity contribution in [2.24, 2.45) is 0 Å². The molecule has 0 unspecified atom stereocenters. The molecule has 0 aliphatic carbocycles. The van der Waals surface area contributed by atoms with Gasteiger partial charge in [0.1, 0.15) is 0 Å². The summed E-state index contributed by atoms with van der Waals surface area (Å²) in [5.41, 5.74) is 0. The van der Waals surface area contributed by atoms with E-state index in [1.165, 1.54) is 0 Å². The molecule has 1 aromatic carbocycles. The summed E-state index contributed by atoms with van der Waals surface area (Å²) >= 11 is 16.7. The average molecular weight is 258 g/mol. The van der Waals surface area contributed by atoms with Gasteiger partial charge >= 0.3 is 6.25 Å².